The molecule has 0 atom stereocenters. The molecule has 216 valence electrons. The van der Waals surface area contributed by atoms with Crippen LogP contribution in [0.5, 0.6) is 28.7 Å². The van der Waals surface area contributed by atoms with Gasteiger partial charge in [-0.1, -0.05) is 48.5 Å². The van der Waals surface area contributed by atoms with E-state index in [9.17, 15) is 21.2 Å². The Kier molecular flexibility index (Phi) is 8.74. The summed E-state index contributed by atoms with van der Waals surface area (Å²) >= 11 is 0. The maximum absolute atomic E-state index is 13.6. The summed E-state index contributed by atoms with van der Waals surface area (Å²) in [5, 5.41) is 0. The van der Waals surface area contributed by atoms with Gasteiger partial charge in [0, 0.05) is 5.56 Å². The summed E-state index contributed by atoms with van der Waals surface area (Å²) in [5.41, 5.74) is 2.11. The largest absolute Gasteiger partial charge is 0.496 e. The Balaban J connectivity index is 1.93. The first-order chi connectivity index (χ1) is 19.4. The standard InChI is InChI=1S/C29H27FO9S2/c1-35-26-17-23(20-10-13-22(30)14-11-20)28(36-2)29(39-41(4,33)34)27(26)21-12-15-24(25(16-21)38-40(3,31)32)37-18-19-8-6-5-7-9-19/h5-17H,18H2,1-4H3. The molecule has 0 saturated carbocycles. The first-order valence-corrected chi connectivity index (χ1v) is 15.7. The summed E-state index contributed by atoms with van der Waals surface area (Å²) in [7, 11) is -5.40. The third kappa shape index (κ3) is 7.47. The molecule has 9 nitrogen and oxygen atoms in total. The molecule has 0 N–H and O–H groups in total. The van der Waals surface area contributed by atoms with Gasteiger partial charge in [0.1, 0.15) is 18.2 Å². The number of hydrogen-bond donors (Lipinski definition) is 0. The Morgan fingerprint density at radius 1 is 0.659 bits per heavy atom. The van der Waals surface area contributed by atoms with E-state index in [1.54, 1.807) is 12.1 Å². The van der Waals surface area contributed by atoms with Gasteiger partial charge in [0.15, 0.2) is 23.0 Å². The smallest absolute Gasteiger partial charge is 0.306 e. The quantitative estimate of drug-likeness (QED) is 0.207. The topological polar surface area (TPSA) is 114 Å². The molecule has 0 aliphatic rings. The van der Waals surface area contributed by atoms with E-state index in [0.717, 1.165) is 18.1 Å². The molecule has 0 heterocycles. The van der Waals surface area contributed by atoms with Gasteiger partial charge in [0.25, 0.3) is 0 Å². The summed E-state index contributed by atoms with van der Waals surface area (Å²) in [5.74, 6) is -0.522. The zero-order chi connectivity index (χ0) is 29.8. The van der Waals surface area contributed by atoms with Crippen molar-refractivity contribution in [3.05, 3.63) is 90.2 Å². The molecule has 0 bridgehead atoms. The highest BCUT2D eigenvalue weighted by Gasteiger charge is 2.27. The van der Waals surface area contributed by atoms with Crippen LogP contribution >= 0.6 is 0 Å². The van der Waals surface area contributed by atoms with E-state index in [1.165, 1.54) is 50.6 Å². The van der Waals surface area contributed by atoms with Crippen LogP contribution in [0.3, 0.4) is 0 Å². The minimum Gasteiger partial charge on any atom is -0.496 e. The molecule has 0 spiro atoms. The summed E-state index contributed by atoms with van der Waals surface area (Å²) in [6.45, 7) is 0.131. The Morgan fingerprint density at radius 3 is 1.88 bits per heavy atom. The van der Waals surface area contributed by atoms with Gasteiger partial charge in [0.05, 0.1) is 32.3 Å². The number of benzene rings is 4. The molecule has 0 fully saturated rings. The van der Waals surface area contributed by atoms with Crippen molar-refractivity contribution in [1.82, 2.24) is 0 Å². The van der Waals surface area contributed by atoms with Gasteiger partial charge >= 0.3 is 20.2 Å². The average molecular weight is 603 g/mol. The highest BCUT2D eigenvalue weighted by molar-refractivity contribution is 7.86. The average Bonchev–Trinajstić information content (AvgIpc) is 2.91. The van der Waals surface area contributed by atoms with Gasteiger partial charge in [-0.05, 0) is 47.0 Å². The van der Waals surface area contributed by atoms with Crippen LogP contribution in [0.1, 0.15) is 5.56 Å². The van der Waals surface area contributed by atoms with Gasteiger partial charge in [0.2, 0.25) is 0 Å². The monoisotopic (exact) mass is 602 g/mol. The van der Waals surface area contributed by atoms with Crippen LogP contribution in [-0.2, 0) is 26.8 Å². The zero-order valence-electron chi connectivity index (χ0n) is 22.6. The number of hydrogen-bond acceptors (Lipinski definition) is 9. The van der Waals surface area contributed by atoms with Crippen molar-refractivity contribution < 1.29 is 43.8 Å². The predicted octanol–water partition coefficient (Wildman–Crippen LogP) is 5.43. The molecule has 41 heavy (non-hydrogen) atoms. The molecule has 12 heteroatoms. The Hall–Kier alpha value is -4.29. The predicted molar refractivity (Wildman–Crippen MR) is 152 cm³/mol. The lowest BCUT2D eigenvalue weighted by molar-refractivity contribution is 0.296. The molecule has 0 amide bonds. The van der Waals surface area contributed by atoms with E-state index < -0.39 is 26.1 Å². The van der Waals surface area contributed by atoms with Crippen LogP contribution in [0.2, 0.25) is 0 Å². The fourth-order valence-corrected chi connectivity index (χ4v) is 4.99. The second-order valence-corrected chi connectivity index (χ2v) is 12.0. The number of methoxy groups -OCH3 is 2. The SMILES string of the molecule is COc1cc(-c2ccc(F)cc2)c(OC)c(OS(C)(=O)=O)c1-c1ccc(OCc2ccccc2)c(OS(C)(=O)=O)c1. The molecular weight excluding hydrogens is 575 g/mol. The second kappa shape index (κ2) is 12.1. The highest BCUT2D eigenvalue weighted by atomic mass is 32.2. The van der Waals surface area contributed by atoms with Crippen molar-refractivity contribution in [3.8, 4) is 51.0 Å². The fourth-order valence-electron chi connectivity index (χ4n) is 4.07. The maximum atomic E-state index is 13.6. The third-order valence-corrected chi connectivity index (χ3v) is 6.68. The first-order valence-electron chi connectivity index (χ1n) is 12.0. The van der Waals surface area contributed by atoms with E-state index in [-0.39, 0.29) is 46.5 Å². The Bertz CT molecular complexity index is 1750. The minimum absolute atomic E-state index is 0.0211. The number of ether oxygens (including phenoxy) is 3. The number of rotatable bonds is 11. The molecule has 0 unspecified atom stereocenters. The highest BCUT2D eigenvalue weighted by Crippen LogP contribution is 2.51. The molecule has 4 aromatic carbocycles. The lowest BCUT2D eigenvalue weighted by Gasteiger charge is -2.21. The molecule has 0 aliphatic heterocycles. The summed E-state index contributed by atoms with van der Waals surface area (Å²) in [4.78, 5) is 0. The normalized spacial score (nSPS) is 11.5. The van der Waals surface area contributed by atoms with Crippen molar-refractivity contribution >= 4 is 20.2 Å². The van der Waals surface area contributed by atoms with E-state index in [4.69, 9.17) is 22.6 Å². The molecule has 4 aromatic rings. The molecular formula is C29H27FO9S2. The number of halogens is 1. The van der Waals surface area contributed by atoms with E-state index in [2.05, 4.69) is 0 Å². The zero-order valence-corrected chi connectivity index (χ0v) is 24.2. The third-order valence-electron chi connectivity index (χ3n) is 5.72. The molecule has 0 aliphatic carbocycles. The van der Waals surface area contributed by atoms with Crippen LogP contribution in [0.25, 0.3) is 22.3 Å². The van der Waals surface area contributed by atoms with Crippen LogP contribution in [0.4, 0.5) is 4.39 Å². The molecule has 0 radical (unpaired) electrons. The van der Waals surface area contributed by atoms with Gasteiger partial charge in [-0.15, -0.1) is 0 Å². The van der Waals surface area contributed by atoms with Crippen LogP contribution in [0, 0.1) is 5.82 Å². The fraction of sp³-hybridized carbons (Fsp3) is 0.172. The molecule has 0 saturated heterocycles. The minimum atomic E-state index is -4.10. The first kappa shape index (κ1) is 29.7. The van der Waals surface area contributed by atoms with Crippen molar-refractivity contribution in [2.75, 3.05) is 26.7 Å². The second-order valence-electron chi connectivity index (χ2n) is 8.88. The van der Waals surface area contributed by atoms with Gasteiger partial charge in [-0.25, -0.2) is 4.39 Å². The Labute approximate surface area is 238 Å². The summed E-state index contributed by atoms with van der Waals surface area (Å²) in [6.07, 6.45) is 1.76. The van der Waals surface area contributed by atoms with E-state index in [1.807, 2.05) is 30.3 Å². The van der Waals surface area contributed by atoms with Crippen molar-refractivity contribution in [2.45, 2.75) is 6.61 Å². The summed E-state index contributed by atoms with van der Waals surface area (Å²) in [6, 6.07) is 20.7. The van der Waals surface area contributed by atoms with Crippen molar-refractivity contribution in [1.29, 1.82) is 0 Å². The maximum Gasteiger partial charge on any atom is 0.306 e. The Morgan fingerprint density at radius 2 is 1.29 bits per heavy atom. The van der Waals surface area contributed by atoms with Crippen molar-refractivity contribution in [2.24, 2.45) is 0 Å². The molecule has 4 rings (SSSR count). The van der Waals surface area contributed by atoms with Gasteiger partial charge < -0.3 is 22.6 Å². The van der Waals surface area contributed by atoms with E-state index in [0.29, 0.717) is 11.1 Å². The van der Waals surface area contributed by atoms with Gasteiger partial charge in [-0.2, -0.15) is 16.8 Å². The van der Waals surface area contributed by atoms with Crippen LogP contribution in [0.15, 0.2) is 78.9 Å². The summed E-state index contributed by atoms with van der Waals surface area (Å²) < 4.78 is 90.4. The van der Waals surface area contributed by atoms with Crippen molar-refractivity contribution in [3.63, 3.8) is 0 Å². The molecule has 0 aromatic heterocycles. The lowest BCUT2D eigenvalue weighted by Crippen LogP contribution is -2.10. The lowest BCUT2D eigenvalue weighted by atomic mass is 9.96. The van der Waals surface area contributed by atoms with Crippen LogP contribution < -0.4 is 22.6 Å². The van der Waals surface area contributed by atoms with Gasteiger partial charge in [-0.3, -0.25) is 0 Å². The van der Waals surface area contributed by atoms with E-state index >= 15 is 0 Å². The van der Waals surface area contributed by atoms with Crippen LogP contribution in [-0.4, -0.2) is 43.6 Å².